The number of carbonyl (C=O) groups excluding carboxylic acids is 1. The lowest BCUT2D eigenvalue weighted by Gasteiger charge is -2.38. The predicted octanol–water partition coefficient (Wildman–Crippen LogP) is 7.12. The summed E-state index contributed by atoms with van der Waals surface area (Å²) in [6, 6.07) is 23.8. The van der Waals surface area contributed by atoms with Crippen LogP contribution in [0.4, 0.5) is 0 Å². The summed E-state index contributed by atoms with van der Waals surface area (Å²) < 4.78 is 6.22. The van der Waals surface area contributed by atoms with Gasteiger partial charge in [-0.15, -0.1) is 0 Å². The van der Waals surface area contributed by atoms with Gasteiger partial charge in [-0.25, -0.2) is 4.79 Å². The summed E-state index contributed by atoms with van der Waals surface area (Å²) in [5.41, 5.74) is 3.70. The Bertz CT molecular complexity index is 1260. The number of carbonyl (C=O) groups is 1. The van der Waals surface area contributed by atoms with Crippen molar-refractivity contribution in [2.24, 2.45) is 0 Å². The number of thioether (sulfide) groups is 1. The first kappa shape index (κ1) is 26.1. The first-order valence-corrected chi connectivity index (χ1v) is 13.1. The molecule has 0 spiro atoms. The van der Waals surface area contributed by atoms with Gasteiger partial charge in [0.1, 0.15) is 16.3 Å². The number of aliphatic hydroxyl groups excluding tert-OH is 2. The Kier molecular flexibility index (Phi) is 7.62. The van der Waals surface area contributed by atoms with Crippen molar-refractivity contribution < 1.29 is 19.7 Å². The lowest BCUT2D eigenvalue weighted by Crippen LogP contribution is -2.38. The van der Waals surface area contributed by atoms with Crippen molar-refractivity contribution in [1.82, 2.24) is 0 Å². The van der Waals surface area contributed by atoms with Crippen LogP contribution in [-0.2, 0) is 33.6 Å². The Morgan fingerprint density at radius 2 is 1.64 bits per heavy atom. The molecule has 36 heavy (non-hydrogen) atoms. The van der Waals surface area contributed by atoms with Gasteiger partial charge in [-0.05, 0) is 59.1 Å². The molecule has 1 aliphatic heterocycles. The second kappa shape index (κ2) is 10.5. The largest absolute Gasteiger partial charge is 0.511 e. The maximum atomic E-state index is 13.5. The van der Waals surface area contributed by atoms with Gasteiger partial charge in [-0.3, -0.25) is 0 Å². The van der Waals surface area contributed by atoms with E-state index in [2.05, 4.69) is 32.9 Å². The molecule has 0 bridgehead atoms. The van der Waals surface area contributed by atoms with Crippen molar-refractivity contribution in [3.05, 3.63) is 111 Å². The molecule has 0 radical (unpaired) electrons. The molecule has 2 N–H and O–H groups in total. The average Bonchev–Trinajstić information content (AvgIpc) is 2.85. The highest BCUT2D eigenvalue weighted by molar-refractivity contribution is 8.04. The van der Waals surface area contributed by atoms with E-state index in [1.54, 1.807) is 0 Å². The zero-order valence-corrected chi connectivity index (χ0v) is 22.2. The van der Waals surface area contributed by atoms with Crippen molar-refractivity contribution in [1.29, 1.82) is 0 Å². The van der Waals surface area contributed by atoms with E-state index < -0.39 is 11.6 Å². The maximum Gasteiger partial charge on any atom is 0.349 e. The SMILES string of the molecule is Cc1cc(SC2=C(O)CC(CCc3ccccc3)(c3ccccc3)OC2=O)c(C(C)(C)C)cc1CO. The number of hydrogen-bond acceptors (Lipinski definition) is 5. The number of ether oxygens (including phenoxy) is 1. The van der Waals surface area contributed by atoms with Crippen LogP contribution >= 0.6 is 11.8 Å². The first-order chi connectivity index (χ1) is 17.1. The van der Waals surface area contributed by atoms with E-state index in [9.17, 15) is 15.0 Å². The fourth-order valence-electron chi connectivity index (χ4n) is 4.68. The van der Waals surface area contributed by atoms with Crippen LogP contribution in [0.25, 0.3) is 0 Å². The van der Waals surface area contributed by atoms with Crippen molar-refractivity contribution in [3.63, 3.8) is 0 Å². The Labute approximate surface area is 218 Å². The van der Waals surface area contributed by atoms with Gasteiger partial charge >= 0.3 is 5.97 Å². The van der Waals surface area contributed by atoms with E-state index in [-0.39, 0.29) is 29.1 Å². The third-order valence-corrected chi connectivity index (χ3v) is 7.94. The van der Waals surface area contributed by atoms with Crippen LogP contribution in [0.5, 0.6) is 0 Å². The van der Waals surface area contributed by atoms with Gasteiger partial charge < -0.3 is 14.9 Å². The summed E-state index contributed by atoms with van der Waals surface area (Å²) in [4.78, 5) is 14.6. The van der Waals surface area contributed by atoms with Crippen LogP contribution in [-0.4, -0.2) is 16.2 Å². The van der Waals surface area contributed by atoms with Crippen molar-refractivity contribution in [2.75, 3.05) is 0 Å². The normalized spacial score (nSPS) is 18.3. The first-order valence-electron chi connectivity index (χ1n) is 12.3. The van der Waals surface area contributed by atoms with Crippen molar-refractivity contribution in [2.45, 2.75) is 69.5 Å². The van der Waals surface area contributed by atoms with Crippen LogP contribution in [0.1, 0.15) is 61.4 Å². The van der Waals surface area contributed by atoms with Gasteiger partial charge in [-0.2, -0.15) is 0 Å². The molecule has 1 unspecified atom stereocenters. The fourth-order valence-corrected chi connectivity index (χ4v) is 5.93. The van der Waals surface area contributed by atoms with E-state index in [0.29, 0.717) is 6.42 Å². The molecule has 0 fully saturated rings. The van der Waals surface area contributed by atoms with Crippen molar-refractivity contribution >= 4 is 17.7 Å². The minimum absolute atomic E-state index is 0.0448. The molecule has 0 aromatic heterocycles. The monoisotopic (exact) mass is 502 g/mol. The Balaban J connectivity index is 1.70. The second-order valence-electron chi connectivity index (χ2n) is 10.5. The lowest BCUT2D eigenvalue weighted by molar-refractivity contribution is -0.160. The number of aryl methyl sites for hydroxylation is 2. The zero-order valence-electron chi connectivity index (χ0n) is 21.4. The van der Waals surface area contributed by atoms with E-state index in [0.717, 1.165) is 39.1 Å². The molecular weight excluding hydrogens is 468 g/mol. The summed E-state index contributed by atoms with van der Waals surface area (Å²) in [5, 5.41) is 21.1. The third kappa shape index (κ3) is 5.53. The standard InChI is InChI=1S/C31H34O4S/c1-21-17-27(25(30(2,3)4)18-23(21)20-32)36-28-26(33)19-31(35-29(28)34,24-13-9-6-10-14-24)16-15-22-11-7-5-8-12-22/h5-14,17-18,32-33H,15-16,19-20H2,1-4H3. The van der Waals surface area contributed by atoms with Crippen LogP contribution in [0.2, 0.25) is 0 Å². The molecule has 4 rings (SSSR count). The highest BCUT2D eigenvalue weighted by Crippen LogP contribution is 2.46. The number of cyclic esters (lactones) is 1. The number of esters is 1. The summed E-state index contributed by atoms with van der Waals surface area (Å²) in [5.74, 6) is -0.457. The maximum absolute atomic E-state index is 13.5. The third-order valence-electron chi connectivity index (χ3n) is 6.78. The second-order valence-corrected chi connectivity index (χ2v) is 11.5. The molecule has 0 saturated carbocycles. The smallest absolute Gasteiger partial charge is 0.349 e. The molecule has 1 atom stereocenters. The van der Waals surface area contributed by atoms with E-state index in [1.807, 2.05) is 67.6 Å². The van der Waals surface area contributed by atoms with Gasteiger partial charge in [0.15, 0.2) is 0 Å². The fraction of sp³-hybridized carbons (Fsp3) is 0.323. The quantitative estimate of drug-likeness (QED) is 0.337. The minimum Gasteiger partial charge on any atom is -0.511 e. The molecule has 0 aliphatic carbocycles. The molecule has 1 heterocycles. The molecule has 188 valence electrons. The van der Waals surface area contributed by atoms with E-state index in [4.69, 9.17) is 4.74 Å². The topological polar surface area (TPSA) is 66.8 Å². The molecule has 3 aromatic carbocycles. The minimum atomic E-state index is -0.939. The summed E-state index contributed by atoms with van der Waals surface area (Å²) in [6.45, 7) is 8.19. The molecular formula is C31H34O4S. The summed E-state index contributed by atoms with van der Waals surface area (Å²) in [6.07, 6.45) is 1.50. The number of aliphatic hydroxyl groups is 2. The van der Waals surface area contributed by atoms with Crippen LogP contribution in [0.15, 0.2) is 88.4 Å². The van der Waals surface area contributed by atoms with Gasteiger partial charge in [0.2, 0.25) is 0 Å². The Morgan fingerprint density at radius 1 is 1.00 bits per heavy atom. The highest BCUT2D eigenvalue weighted by atomic mass is 32.2. The predicted molar refractivity (Wildman–Crippen MR) is 145 cm³/mol. The number of rotatable bonds is 7. The molecule has 0 saturated heterocycles. The average molecular weight is 503 g/mol. The van der Waals surface area contributed by atoms with Crippen molar-refractivity contribution in [3.8, 4) is 0 Å². The zero-order chi connectivity index (χ0) is 25.9. The lowest BCUT2D eigenvalue weighted by atomic mass is 9.82. The summed E-state index contributed by atoms with van der Waals surface area (Å²) in [7, 11) is 0. The Morgan fingerprint density at radius 3 is 2.22 bits per heavy atom. The van der Waals surface area contributed by atoms with E-state index in [1.165, 1.54) is 11.8 Å². The molecule has 3 aromatic rings. The molecule has 0 amide bonds. The Hall–Kier alpha value is -3.02. The summed E-state index contributed by atoms with van der Waals surface area (Å²) >= 11 is 1.25. The van der Waals surface area contributed by atoms with Crippen LogP contribution in [0, 0.1) is 6.92 Å². The number of benzene rings is 3. The molecule has 1 aliphatic rings. The molecule has 4 nitrogen and oxygen atoms in total. The molecule has 5 heteroatoms. The van der Waals surface area contributed by atoms with Crippen LogP contribution < -0.4 is 0 Å². The van der Waals surface area contributed by atoms with Gasteiger partial charge in [0.25, 0.3) is 0 Å². The van der Waals surface area contributed by atoms with Gasteiger partial charge in [0, 0.05) is 4.90 Å². The highest BCUT2D eigenvalue weighted by Gasteiger charge is 2.43. The number of hydrogen-bond donors (Lipinski definition) is 2. The van der Waals surface area contributed by atoms with Gasteiger partial charge in [-0.1, -0.05) is 99.3 Å². The van der Waals surface area contributed by atoms with Gasteiger partial charge in [0.05, 0.1) is 13.0 Å². The van der Waals surface area contributed by atoms with Crippen LogP contribution in [0.3, 0.4) is 0 Å². The van der Waals surface area contributed by atoms with E-state index >= 15 is 0 Å².